The zero-order valence-corrected chi connectivity index (χ0v) is 10.5. The molecule has 1 saturated carbocycles. The Labute approximate surface area is 104 Å². The van der Waals surface area contributed by atoms with Gasteiger partial charge < -0.3 is 0 Å². The lowest BCUT2D eigenvalue weighted by Crippen LogP contribution is -2.06. The Bertz CT molecular complexity index is 505. The number of thiol groups is 1. The van der Waals surface area contributed by atoms with Crippen molar-refractivity contribution < 1.29 is 0 Å². The minimum Gasteiger partial charge on any atom is -0.277 e. The van der Waals surface area contributed by atoms with Crippen LogP contribution in [0.5, 0.6) is 0 Å². The number of thioether (sulfide) groups is 1. The van der Waals surface area contributed by atoms with E-state index >= 15 is 0 Å². The second-order valence-electron chi connectivity index (χ2n) is 4.36. The Balaban J connectivity index is 1.79. The van der Waals surface area contributed by atoms with Crippen LogP contribution in [0, 0.1) is 5.41 Å². The average molecular weight is 251 g/mol. The van der Waals surface area contributed by atoms with E-state index in [-0.39, 0.29) is 0 Å². The van der Waals surface area contributed by atoms with Gasteiger partial charge in [-0.3, -0.25) is 4.40 Å². The molecule has 0 unspecified atom stereocenters. The fourth-order valence-corrected chi connectivity index (χ4v) is 3.46. The lowest BCUT2D eigenvalue weighted by atomic mass is 10.2. The maximum Gasteiger partial charge on any atom is 0.195 e. The molecular weight excluding hydrogens is 238 g/mol. The van der Waals surface area contributed by atoms with E-state index in [4.69, 9.17) is 0 Å². The number of aromatic nitrogens is 3. The third-order valence-corrected chi connectivity index (χ3v) is 5.05. The highest BCUT2D eigenvalue weighted by Gasteiger charge is 2.41. The van der Waals surface area contributed by atoms with Crippen molar-refractivity contribution in [2.24, 2.45) is 5.41 Å². The molecule has 1 aliphatic carbocycles. The number of rotatable bonds is 4. The van der Waals surface area contributed by atoms with E-state index in [9.17, 15) is 0 Å². The van der Waals surface area contributed by atoms with Gasteiger partial charge >= 0.3 is 0 Å². The van der Waals surface area contributed by atoms with Crippen molar-refractivity contribution in [2.45, 2.75) is 18.0 Å². The van der Waals surface area contributed by atoms with Crippen molar-refractivity contribution in [3.8, 4) is 0 Å². The molecule has 3 rings (SSSR count). The molecule has 3 nitrogen and oxygen atoms in total. The number of pyridine rings is 1. The van der Waals surface area contributed by atoms with Crippen LogP contribution in [0.25, 0.3) is 5.65 Å². The standard InChI is InChI=1S/C11H13N3S2/c15-7-11(4-5-11)8-16-10-13-12-9-3-1-2-6-14(9)10/h1-3,6,15H,4-5,7-8H2. The summed E-state index contributed by atoms with van der Waals surface area (Å²) in [4.78, 5) is 0. The van der Waals surface area contributed by atoms with Crippen molar-refractivity contribution in [2.75, 3.05) is 11.5 Å². The van der Waals surface area contributed by atoms with Crippen molar-refractivity contribution in [1.82, 2.24) is 14.6 Å². The van der Waals surface area contributed by atoms with Gasteiger partial charge in [0.25, 0.3) is 0 Å². The maximum absolute atomic E-state index is 4.41. The lowest BCUT2D eigenvalue weighted by Gasteiger charge is -2.09. The summed E-state index contributed by atoms with van der Waals surface area (Å²) in [6.07, 6.45) is 4.62. The predicted octanol–water partition coefficient (Wildman–Crippen LogP) is 2.53. The molecule has 84 valence electrons. The van der Waals surface area contributed by atoms with Gasteiger partial charge in [-0.15, -0.1) is 10.2 Å². The van der Waals surface area contributed by atoms with Gasteiger partial charge in [0.1, 0.15) is 0 Å². The third-order valence-electron chi connectivity index (χ3n) is 3.08. The van der Waals surface area contributed by atoms with Gasteiger partial charge in [0, 0.05) is 11.9 Å². The predicted molar refractivity (Wildman–Crippen MR) is 69.2 cm³/mol. The molecule has 0 radical (unpaired) electrons. The number of nitrogens with zero attached hydrogens (tertiary/aromatic N) is 3. The van der Waals surface area contributed by atoms with E-state index in [1.807, 2.05) is 28.8 Å². The van der Waals surface area contributed by atoms with Crippen LogP contribution in [-0.2, 0) is 0 Å². The molecule has 5 heteroatoms. The highest BCUT2D eigenvalue weighted by molar-refractivity contribution is 7.99. The average Bonchev–Trinajstić information content (AvgIpc) is 3.01. The van der Waals surface area contributed by atoms with Gasteiger partial charge in [0.15, 0.2) is 10.8 Å². The van der Waals surface area contributed by atoms with Crippen LogP contribution < -0.4 is 0 Å². The molecule has 0 N–H and O–H groups in total. The van der Waals surface area contributed by atoms with Gasteiger partial charge in [0.05, 0.1) is 0 Å². The van der Waals surface area contributed by atoms with Gasteiger partial charge in [-0.25, -0.2) is 0 Å². The topological polar surface area (TPSA) is 30.2 Å². The second kappa shape index (κ2) is 3.96. The minimum atomic E-state index is 0.467. The molecule has 2 aromatic heterocycles. The van der Waals surface area contributed by atoms with Gasteiger partial charge in [0.2, 0.25) is 0 Å². The molecule has 2 heterocycles. The van der Waals surface area contributed by atoms with Crippen LogP contribution in [0.15, 0.2) is 29.6 Å². The van der Waals surface area contributed by atoms with Crippen molar-refractivity contribution >= 4 is 30.0 Å². The van der Waals surface area contributed by atoms with Crippen molar-refractivity contribution in [1.29, 1.82) is 0 Å². The third kappa shape index (κ3) is 1.82. The summed E-state index contributed by atoms with van der Waals surface area (Å²) in [5.74, 6) is 2.09. The van der Waals surface area contributed by atoms with Crippen LogP contribution in [0.4, 0.5) is 0 Å². The first-order valence-electron chi connectivity index (χ1n) is 5.36. The van der Waals surface area contributed by atoms with Gasteiger partial charge in [-0.2, -0.15) is 12.6 Å². The molecule has 0 bridgehead atoms. The summed E-state index contributed by atoms with van der Waals surface area (Å²) in [7, 11) is 0. The Hall–Kier alpha value is -0.680. The van der Waals surface area contributed by atoms with Crippen LogP contribution in [0.2, 0.25) is 0 Å². The van der Waals surface area contributed by atoms with Crippen LogP contribution in [-0.4, -0.2) is 26.1 Å². The first-order chi connectivity index (χ1) is 7.83. The highest BCUT2D eigenvalue weighted by atomic mass is 32.2. The fourth-order valence-electron chi connectivity index (χ4n) is 1.66. The maximum atomic E-state index is 4.41. The summed E-state index contributed by atoms with van der Waals surface area (Å²) < 4.78 is 2.04. The molecule has 0 aromatic carbocycles. The molecule has 16 heavy (non-hydrogen) atoms. The summed E-state index contributed by atoms with van der Waals surface area (Å²) in [6, 6.07) is 5.96. The lowest BCUT2D eigenvalue weighted by molar-refractivity contribution is 0.680. The van der Waals surface area contributed by atoms with E-state index in [2.05, 4.69) is 22.8 Å². The first-order valence-corrected chi connectivity index (χ1v) is 6.98. The second-order valence-corrected chi connectivity index (χ2v) is 5.62. The molecule has 0 amide bonds. The van der Waals surface area contributed by atoms with Crippen LogP contribution in [0.1, 0.15) is 12.8 Å². The smallest absolute Gasteiger partial charge is 0.195 e. The minimum absolute atomic E-state index is 0.467. The molecule has 0 spiro atoms. The molecule has 0 aliphatic heterocycles. The Morgan fingerprint density at radius 2 is 2.25 bits per heavy atom. The van der Waals surface area contributed by atoms with Crippen molar-refractivity contribution in [3.63, 3.8) is 0 Å². The number of fused-ring (bicyclic) bond motifs is 1. The van der Waals surface area contributed by atoms with E-state index in [0.29, 0.717) is 5.41 Å². The van der Waals surface area contributed by atoms with Gasteiger partial charge in [-0.05, 0) is 36.1 Å². The highest BCUT2D eigenvalue weighted by Crippen LogP contribution is 2.49. The van der Waals surface area contributed by atoms with E-state index in [0.717, 1.165) is 22.3 Å². The summed E-state index contributed by atoms with van der Waals surface area (Å²) in [6.45, 7) is 0. The monoisotopic (exact) mass is 251 g/mol. The quantitative estimate of drug-likeness (QED) is 0.669. The van der Waals surface area contributed by atoms with Gasteiger partial charge in [-0.1, -0.05) is 17.8 Å². The zero-order valence-electron chi connectivity index (χ0n) is 8.83. The zero-order chi connectivity index (χ0) is 11.0. The van der Waals surface area contributed by atoms with E-state index < -0.39 is 0 Å². The number of hydrogen-bond donors (Lipinski definition) is 1. The summed E-state index contributed by atoms with van der Waals surface area (Å²) in [5, 5.41) is 9.34. The molecule has 0 saturated heterocycles. The molecule has 0 atom stereocenters. The largest absolute Gasteiger partial charge is 0.277 e. The molecular formula is C11H13N3S2. The molecule has 1 aliphatic rings. The van der Waals surface area contributed by atoms with Crippen molar-refractivity contribution in [3.05, 3.63) is 24.4 Å². The SMILES string of the molecule is SCC1(CSc2nnc3ccccn23)CC1. The van der Waals surface area contributed by atoms with E-state index in [1.165, 1.54) is 12.8 Å². The molecule has 2 aromatic rings. The van der Waals surface area contributed by atoms with Crippen LogP contribution in [0.3, 0.4) is 0 Å². The molecule has 1 fully saturated rings. The summed E-state index contributed by atoms with van der Waals surface area (Å²) >= 11 is 6.20. The first kappa shape index (κ1) is 10.5. The Morgan fingerprint density at radius 1 is 1.38 bits per heavy atom. The van der Waals surface area contributed by atoms with Crippen LogP contribution >= 0.6 is 24.4 Å². The van der Waals surface area contributed by atoms with E-state index in [1.54, 1.807) is 11.8 Å². The Morgan fingerprint density at radius 3 is 3.00 bits per heavy atom. The number of hydrogen-bond acceptors (Lipinski definition) is 4. The Kier molecular flexibility index (Phi) is 2.59. The summed E-state index contributed by atoms with van der Waals surface area (Å²) in [5.41, 5.74) is 1.38. The normalized spacial score (nSPS) is 17.8. The fraction of sp³-hybridized carbons (Fsp3) is 0.455.